The Hall–Kier alpha value is -2.24. The Kier molecular flexibility index (Phi) is 4.12. The SMILES string of the molecule is O=C(CCn1cccc1)Nc1cccc(C(F)(F)F)c1. The molecule has 6 heteroatoms. The van der Waals surface area contributed by atoms with Crippen LogP contribution in [-0.4, -0.2) is 10.5 Å². The fraction of sp³-hybridized carbons (Fsp3) is 0.214. The second-order valence-electron chi connectivity index (χ2n) is 4.30. The average Bonchev–Trinajstić information content (AvgIpc) is 2.89. The maximum absolute atomic E-state index is 12.5. The minimum atomic E-state index is -4.41. The molecule has 0 aliphatic rings. The van der Waals surface area contributed by atoms with E-state index in [0.717, 1.165) is 12.1 Å². The van der Waals surface area contributed by atoms with Crippen LogP contribution in [-0.2, 0) is 17.5 Å². The zero-order valence-electron chi connectivity index (χ0n) is 10.5. The standard InChI is InChI=1S/C14H13F3N2O/c15-14(16,17)11-4-3-5-12(10-11)18-13(20)6-9-19-7-1-2-8-19/h1-5,7-8,10H,6,9H2,(H,18,20). The van der Waals surface area contributed by atoms with E-state index in [-0.39, 0.29) is 18.0 Å². The number of nitrogens with zero attached hydrogens (tertiary/aromatic N) is 1. The molecule has 1 aromatic carbocycles. The molecule has 0 spiro atoms. The second kappa shape index (κ2) is 5.81. The number of carbonyl (C=O) groups is 1. The van der Waals surface area contributed by atoms with Gasteiger partial charge in [0.05, 0.1) is 5.56 Å². The third-order valence-electron chi connectivity index (χ3n) is 2.74. The van der Waals surface area contributed by atoms with Crippen LogP contribution in [0.5, 0.6) is 0 Å². The molecule has 1 heterocycles. The minimum absolute atomic E-state index is 0.150. The largest absolute Gasteiger partial charge is 0.416 e. The Morgan fingerprint density at radius 3 is 2.50 bits per heavy atom. The lowest BCUT2D eigenvalue weighted by molar-refractivity contribution is -0.137. The summed E-state index contributed by atoms with van der Waals surface area (Å²) in [6.07, 6.45) is -0.577. The monoisotopic (exact) mass is 282 g/mol. The third-order valence-corrected chi connectivity index (χ3v) is 2.74. The number of nitrogens with one attached hydrogen (secondary N) is 1. The molecule has 0 atom stereocenters. The zero-order valence-corrected chi connectivity index (χ0v) is 10.5. The van der Waals surface area contributed by atoms with Crippen molar-refractivity contribution in [1.82, 2.24) is 4.57 Å². The highest BCUT2D eigenvalue weighted by Gasteiger charge is 2.30. The van der Waals surface area contributed by atoms with Gasteiger partial charge in [0.15, 0.2) is 0 Å². The van der Waals surface area contributed by atoms with Gasteiger partial charge in [-0.3, -0.25) is 4.79 Å². The molecule has 1 N–H and O–H groups in total. The van der Waals surface area contributed by atoms with Crippen molar-refractivity contribution >= 4 is 11.6 Å². The fourth-order valence-corrected chi connectivity index (χ4v) is 1.75. The van der Waals surface area contributed by atoms with Crippen molar-refractivity contribution in [1.29, 1.82) is 0 Å². The number of alkyl halides is 3. The summed E-state index contributed by atoms with van der Waals surface area (Å²) in [4.78, 5) is 11.7. The third kappa shape index (κ3) is 3.88. The van der Waals surface area contributed by atoms with Crippen LogP contribution < -0.4 is 5.32 Å². The number of rotatable bonds is 4. The molecular formula is C14H13F3N2O. The Labute approximate surface area is 114 Å². The molecule has 0 aliphatic carbocycles. The summed E-state index contributed by atoms with van der Waals surface area (Å²) in [7, 11) is 0. The van der Waals surface area contributed by atoms with Crippen LogP contribution >= 0.6 is 0 Å². The molecule has 1 amide bonds. The van der Waals surface area contributed by atoms with E-state index >= 15 is 0 Å². The summed E-state index contributed by atoms with van der Waals surface area (Å²) in [6, 6.07) is 8.27. The Bertz CT molecular complexity index is 576. The van der Waals surface area contributed by atoms with E-state index in [2.05, 4.69) is 5.32 Å². The summed E-state index contributed by atoms with van der Waals surface area (Å²) in [6.45, 7) is 0.484. The second-order valence-corrected chi connectivity index (χ2v) is 4.30. The van der Waals surface area contributed by atoms with Gasteiger partial charge in [-0.2, -0.15) is 13.2 Å². The number of hydrogen-bond donors (Lipinski definition) is 1. The van der Waals surface area contributed by atoms with Gasteiger partial charge in [0.1, 0.15) is 0 Å². The summed E-state index contributed by atoms with van der Waals surface area (Å²) in [5.74, 6) is -0.321. The van der Waals surface area contributed by atoms with Crippen LogP contribution in [0.1, 0.15) is 12.0 Å². The van der Waals surface area contributed by atoms with Crippen LogP contribution in [0.15, 0.2) is 48.8 Å². The Morgan fingerprint density at radius 2 is 1.85 bits per heavy atom. The van der Waals surface area contributed by atoms with Gasteiger partial charge in [-0.25, -0.2) is 0 Å². The minimum Gasteiger partial charge on any atom is -0.354 e. The van der Waals surface area contributed by atoms with Gasteiger partial charge in [0.2, 0.25) is 5.91 Å². The van der Waals surface area contributed by atoms with E-state index < -0.39 is 11.7 Å². The van der Waals surface area contributed by atoms with Crippen LogP contribution in [0.4, 0.5) is 18.9 Å². The number of carbonyl (C=O) groups excluding carboxylic acids is 1. The molecule has 0 unspecified atom stereocenters. The van der Waals surface area contributed by atoms with Crippen molar-refractivity contribution in [2.24, 2.45) is 0 Å². The van der Waals surface area contributed by atoms with Crippen LogP contribution in [0.3, 0.4) is 0 Å². The summed E-state index contributed by atoms with van der Waals surface area (Å²) in [5.41, 5.74) is -0.627. The molecule has 106 valence electrons. The Balaban J connectivity index is 1.94. The van der Waals surface area contributed by atoms with Crippen LogP contribution in [0, 0.1) is 0 Å². The van der Waals surface area contributed by atoms with Crippen molar-refractivity contribution in [2.45, 2.75) is 19.1 Å². The van der Waals surface area contributed by atoms with Gasteiger partial charge in [0, 0.05) is 31.0 Å². The van der Waals surface area contributed by atoms with E-state index in [1.54, 1.807) is 0 Å². The van der Waals surface area contributed by atoms with Gasteiger partial charge in [-0.1, -0.05) is 6.07 Å². The van der Waals surface area contributed by atoms with E-state index in [1.807, 2.05) is 29.1 Å². The van der Waals surface area contributed by atoms with Crippen LogP contribution in [0.2, 0.25) is 0 Å². The van der Waals surface area contributed by atoms with Crippen molar-refractivity contribution in [3.63, 3.8) is 0 Å². The number of benzene rings is 1. The molecule has 0 bridgehead atoms. The lowest BCUT2D eigenvalue weighted by Crippen LogP contribution is -2.14. The molecule has 3 nitrogen and oxygen atoms in total. The van der Waals surface area contributed by atoms with E-state index in [0.29, 0.717) is 6.54 Å². The van der Waals surface area contributed by atoms with Gasteiger partial charge in [-0.05, 0) is 30.3 Å². The number of hydrogen-bond acceptors (Lipinski definition) is 1. The molecule has 2 rings (SSSR count). The summed E-state index contributed by atoms with van der Waals surface area (Å²) in [5, 5.41) is 2.46. The lowest BCUT2D eigenvalue weighted by Gasteiger charge is -2.10. The molecule has 0 fully saturated rings. The number of anilines is 1. The topological polar surface area (TPSA) is 34.0 Å². The van der Waals surface area contributed by atoms with Crippen molar-refractivity contribution in [2.75, 3.05) is 5.32 Å². The van der Waals surface area contributed by atoms with Gasteiger partial charge < -0.3 is 9.88 Å². The molecular weight excluding hydrogens is 269 g/mol. The molecule has 0 aliphatic heterocycles. The normalized spacial score (nSPS) is 11.3. The van der Waals surface area contributed by atoms with Gasteiger partial charge >= 0.3 is 6.18 Å². The average molecular weight is 282 g/mol. The molecule has 1 aromatic heterocycles. The van der Waals surface area contributed by atoms with E-state index in [4.69, 9.17) is 0 Å². The number of amides is 1. The molecule has 0 saturated carbocycles. The number of aryl methyl sites for hydroxylation is 1. The molecule has 0 saturated heterocycles. The maximum Gasteiger partial charge on any atom is 0.416 e. The maximum atomic E-state index is 12.5. The van der Waals surface area contributed by atoms with Crippen molar-refractivity contribution in [3.05, 3.63) is 54.4 Å². The fourth-order valence-electron chi connectivity index (χ4n) is 1.75. The van der Waals surface area contributed by atoms with Crippen molar-refractivity contribution in [3.8, 4) is 0 Å². The van der Waals surface area contributed by atoms with Crippen molar-refractivity contribution < 1.29 is 18.0 Å². The first-order valence-corrected chi connectivity index (χ1v) is 6.03. The van der Waals surface area contributed by atoms with Gasteiger partial charge in [-0.15, -0.1) is 0 Å². The molecule has 0 radical (unpaired) electrons. The predicted octanol–water partition coefficient (Wildman–Crippen LogP) is 3.54. The first kappa shape index (κ1) is 14.2. The first-order valence-electron chi connectivity index (χ1n) is 6.03. The zero-order chi connectivity index (χ0) is 14.6. The quantitative estimate of drug-likeness (QED) is 0.914. The Morgan fingerprint density at radius 1 is 1.15 bits per heavy atom. The van der Waals surface area contributed by atoms with Gasteiger partial charge in [0.25, 0.3) is 0 Å². The molecule has 20 heavy (non-hydrogen) atoms. The lowest BCUT2D eigenvalue weighted by atomic mass is 10.2. The highest BCUT2D eigenvalue weighted by molar-refractivity contribution is 5.90. The highest BCUT2D eigenvalue weighted by atomic mass is 19.4. The number of aromatic nitrogens is 1. The number of halogens is 3. The highest BCUT2D eigenvalue weighted by Crippen LogP contribution is 2.30. The van der Waals surface area contributed by atoms with Crippen LogP contribution in [0.25, 0.3) is 0 Å². The first-order chi connectivity index (χ1) is 9.45. The van der Waals surface area contributed by atoms with E-state index in [1.165, 1.54) is 12.1 Å². The smallest absolute Gasteiger partial charge is 0.354 e. The summed E-state index contributed by atoms with van der Waals surface area (Å²) >= 11 is 0. The summed E-state index contributed by atoms with van der Waals surface area (Å²) < 4.78 is 39.4. The molecule has 2 aromatic rings. The van der Waals surface area contributed by atoms with E-state index in [9.17, 15) is 18.0 Å². The predicted molar refractivity (Wildman–Crippen MR) is 69.1 cm³/mol.